The summed E-state index contributed by atoms with van der Waals surface area (Å²) in [5.74, 6) is -1.30. The lowest BCUT2D eigenvalue weighted by molar-refractivity contribution is -0.137. The van der Waals surface area contributed by atoms with Gasteiger partial charge >= 0.3 is 6.18 Å². The van der Waals surface area contributed by atoms with Gasteiger partial charge in [0.05, 0.1) is 28.6 Å². The molecule has 1 aliphatic heterocycles. The fourth-order valence-electron chi connectivity index (χ4n) is 4.33. The summed E-state index contributed by atoms with van der Waals surface area (Å²) in [4.78, 5) is 18.3. The number of carbonyl (C=O) groups is 1. The van der Waals surface area contributed by atoms with Crippen LogP contribution in [-0.2, 0) is 11.0 Å². The summed E-state index contributed by atoms with van der Waals surface area (Å²) in [5.41, 5.74) is 1.42. The maximum Gasteiger partial charge on any atom is 0.407 e. The first-order valence-electron chi connectivity index (χ1n) is 10.6. The molecule has 34 heavy (non-hydrogen) atoms. The molecule has 0 N–H and O–H groups in total. The number of carbonyl (C=O) groups excluding carboxylic acids is 1. The minimum absolute atomic E-state index is 0.140. The molecule has 1 heterocycles. The van der Waals surface area contributed by atoms with E-state index in [1.807, 2.05) is 55.5 Å². The van der Waals surface area contributed by atoms with Crippen LogP contribution in [-0.4, -0.2) is 16.3 Å². The van der Waals surface area contributed by atoms with Crippen LogP contribution >= 0.6 is 12.2 Å². The summed E-state index contributed by atoms with van der Waals surface area (Å²) in [5, 5.41) is 0. The molecular formula is C27H21F3N2OS. The number of alkyl halides is 3. The summed E-state index contributed by atoms with van der Waals surface area (Å²) in [6, 6.07) is 19.1. The maximum atomic E-state index is 13.5. The van der Waals surface area contributed by atoms with Gasteiger partial charge in [0.25, 0.3) is 0 Å². The smallest absolute Gasteiger partial charge is 0.322 e. The van der Waals surface area contributed by atoms with E-state index in [-0.39, 0.29) is 16.3 Å². The Morgan fingerprint density at radius 1 is 0.971 bits per heavy atom. The Kier molecular flexibility index (Phi) is 5.82. The standard InChI is InChI=1S/C27H21F3N2OS/c1-16-5-7-17(8-6-16)18-9-12-20(13-10-18)32-25(34)23(24(33)26(32,2)3)19-11-14-22(31-4)21(15-19)27(28,29)30/h5-15,23H,1-3H3. The number of rotatable bonds is 3. The Hall–Kier alpha value is -3.50. The molecule has 3 aromatic carbocycles. The molecular weight excluding hydrogens is 457 g/mol. The highest BCUT2D eigenvalue weighted by molar-refractivity contribution is 7.80. The van der Waals surface area contributed by atoms with E-state index in [9.17, 15) is 18.0 Å². The third-order valence-electron chi connectivity index (χ3n) is 6.18. The third kappa shape index (κ3) is 3.99. The predicted octanol–water partition coefficient (Wildman–Crippen LogP) is 7.51. The Labute approximate surface area is 201 Å². The molecule has 0 aromatic heterocycles. The van der Waals surface area contributed by atoms with Gasteiger partial charge in [-0.1, -0.05) is 72.4 Å². The molecule has 0 radical (unpaired) electrons. The van der Waals surface area contributed by atoms with Gasteiger partial charge in [-0.15, -0.1) is 0 Å². The van der Waals surface area contributed by atoms with E-state index in [2.05, 4.69) is 4.85 Å². The molecule has 0 saturated carbocycles. The quantitative estimate of drug-likeness (QED) is 0.288. The molecule has 0 aliphatic carbocycles. The highest BCUT2D eigenvalue weighted by Crippen LogP contribution is 2.44. The van der Waals surface area contributed by atoms with Crippen molar-refractivity contribution >= 4 is 34.4 Å². The number of Topliss-reactive ketones (excluding diaryl/α,β-unsaturated/α-hetero) is 1. The molecule has 1 unspecified atom stereocenters. The molecule has 1 aliphatic rings. The first-order chi connectivity index (χ1) is 15.9. The van der Waals surface area contributed by atoms with E-state index in [1.54, 1.807) is 18.7 Å². The van der Waals surface area contributed by atoms with Gasteiger partial charge in [-0.25, -0.2) is 4.85 Å². The number of hydrogen-bond acceptors (Lipinski definition) is 2. The van der Waals surface area contributed by atoms with Crippen LogP contribution in [0.15, 0.2) is 66.7 Å². The fourth-order valence-corrected chi connectivity index (χ4v) is 4.91. The van der Waals surface area contributed by atoms with Crippen molar-refractivity contribution in [2.24, 2.45) is 0 Å². The monoisotopic (exact) mass is 478 g/mol. The Bertz CT molecular complexity index is 1320. The molecule has 3 aromatic rings. The van der Waals surface area contributed by atoms with E-state index >= 15 is 0 Å². The molecule has 3 nitrogen and oxygen atoms in total. The van der Waals surface area contributed by atoms with E-state index in [1.165, 1.54) is 6.07 Å². The van der Waals surface area contributed by atoms with Crippen molar-refractivity contribution < 1.29 is 18.0 Å². The zero-order valence-electron chi connectivity index (χ0n) is 18.8. The van der Waals surface area contributed by atoms with Gasteiger partial charge in [0.15, 0.2) is 11.5 Å². The molecule has 1 saturated heterocycles. The normalized spacial score (nSPS) is 17.7. The summed E-state index contributed by atoms with van der Waals surface area (Å²) in [6.07, 6.45) is -4.71. The van der Waals surface area contributed by atoms with Crippen molar-refractivity contribution in [3.8, 4) is 11.1 Å². The number of benzene rings is 3. The Morgan fingerprint density at radius 3 is 2.06 bits per heavy atom. The average molecular weight is 479 g/mol. The van der Waals surface area contributed by atoms with Crippen LogP contribution in [0.5, 0.6) is 0 Å². The third-order valence-corrected chi connectivity index (χ3v) is 6.60. The fraction of sp³-hybridized carbons (Fsp3) is 0.222. The predicted molar refractivity (Wildman–Crippen MR) is 131 cm³/mol. The van der Waals surface area contributed by atoms with Crippen LogP contribution in [0.25, 0.3) is 16.0 Å². The number of aryl methyl sites for hydroxylation is 1. The van der Waals surface area contributed by atoms with Crippen LogP contribution in [0.3, 0.4) is 0 Å². The lowest BCUT2D eigenvalue weighted by Crippen LogP contribution is -2.44. The highest BCUT2D eigenvalue weighted by atomic mass is 32.1. The molecule has 1 atom stereocenters. The molecule has 4 rings (SSSR count). The topological polar surface area (TPSA) is 24.7 Å². The molecule has 0 bridgehead atoms. The lowest BCUT2D eigenvalue weighted by Gasteiger charge is -2.31. The van der Waals surface area contributed by atoms with Gasteiger partial charge in [-0.3, -0.25) is 4.79 Å². The zero-order valence-corrected chi connectivity index (χ0v) is 19.6. The highest BCUT2D eigenvalue weighted by Gasteiger charge is 2.51. The van der Waals surface area contributed by atoms with Gasteiger partial charge in [0, 0.05) is 5.69 Å². The van der Waals surface area contributed by atoms with Crippen molar-refractivity contribution in [2.75, 3.05) is 4.90 Å². The van der Waals surface area contributed by atoms with Crippen LogP contribution in [0, 0.1) is 13.5 Å². The second-order valence-corrected chi connectivity index (χ2v) is 9.25. The van der Waals surface area contributed by atoms with Crippen molar-refractivity contribution in [3.05, 3.63) is 94.8 Å². The van der Waals surface area contributed by atoms with Gasteiger partial charge < -0.3 is 4.90 Å². The first-order valence-corrected chi connectivity index (χ1v) is 11.0. The van der Waals surface area contributed by atoms with Crippen molar-refractivity contribution in [1.29, 1.82) is 0 Å². The van der Waals surface area contributed by atoms with E-state index < -0.39 is 28.9 Å². The van der Waals surface area contributed by atoms with Crippen LogP contribution in [0.2, 0.25) is 0 Å². The summed E-state index contributed by atoms with van der Waals surface area (Å²) >= 11 is 5.65. The maximum absolute atomic E-state index is 13.5. The van der Waals surface area contributed by atoms with Crippen LogP contribution in [0.4, 0.5) is 24.5 Å². The zero-order chi connectivity index (χ0) is 24.8. The second-order valence-electron chi connectivity index (χ2n) is 8.83. The molecule has 1 fully saturated rings. The van der Waals surface area contributed by atoms with Gasteiger partial charge in [-0.2, -0.15) is 13.2 Å². The van der Waals surface area contributed by atoms with E-state index in [4.69, 9.17) is 18.8 Å². The van der Waals surface area contributed by atoms with Crippen molar-refractivity contribution in [2.45, 2.75) is 38.4 Å². The molecule has 7 heteroatoms. The number of thiocarbonyl (C=S) groups is 1. The SMILES string of the molecule is [C-]#[N+]c1ccc(C2C(=O)C(C)(C)N(c3ccc(-c4ccc(C)cc4)cc3)C2=S)cc1C(F)(F)F. The van der Waals surface area contributed by atoms with Gasteiger partial charge in [-0.05, 0) is 49.6 Å². The number of ketones is 1. The van der Waals surface area contributed by atoms with Crippen LogP contribution < -0.4 is 4.90 Å². The van der Waals surface area contributed by atoms with E-state index in [0.717, 1.165) is 28.8 Å². The number of hydrogen-bond donors (Lipinski definition) is 0. The Morgan fingerprint density at radius 2 is 1.53 bits per heavy atom. The Balaban J connectivity index is 1.72. The summed E-state index contributed by atoms with van der Waals surface area (Å²) in [6.45, 7) is 12.5. The first kappa shape index (κ1) is 23.7. The van der Waals surface area contributed by atoms with E-state index in [0.29, 0.717) is 5.69 Å². The second kappa shape index (κ2) is 8.37. The lowest BCUT2D eigenvalue weighted by atomic mass is 9.88. The summed E-state index contributed by atoms with van der Waals surface area (Å²) < 4.78 is 40.6. The van der Waals surface area contributed by atoms with Gasteiger partial charge in [0.1, 0.15) is 0 Å². The molecule has 172 valence electrons. The largest absolute Gasteiger partial charge is 0.407 e. The van der Waals surface area contributed by atoms with Crippen molar-refractivity contribution in [3.63, 3.8) is 0 Å². The van der Waals surface area contributed by atoms with Crippen molar-refractivity contribution in [1.82, 2.24) is 0 Å². The van der Waals surface area contributed by atoms with Crippen LogP contribution in [0.1, 0.15) is 36.5 Å². The minimum Gasteiger partial charge on any atom is -0.322 e. The number of anilines is 1. The average Bonchev–Trinajstić information content (AvgIpc) is 2.97. The molecule has 0 amide bonds. The van der Waals surface area contributed by atoms with Gasteiger partial charge in [0.2, 0.25) is 0 Å². The number of halogens is 3. The summed E-state index contributed by atoms with van der Waals surface area (Å²) in [7, 11) is 0. The minimum atomic E-state index is -4.71. The molecule has 0 spiro atoms. The number of nitrogens with zero attached hydrogens (tertiary/aromatic N) is 2.